The van der Waals surface area contributed by atoms with Crippen LogP contribution in [-0.4, -0.2) is 36.1 Å². The predicted octanol–water partition coefficient (Wildman–Crippen LogP) is -0.432. The number of rotatable bonds is 4. The summed E-state index contributed by atoms with van der Waals surface area (Å²) >= 11 is 0. The average Bonchev–Trinajstić information content (AvgIpc) is 2.71. The molecule has 1 aromatic carbocycles. The van der Waals surface area contributed by atoms with Gasteiger partial charge in [0.2, 0.25) is 15.9 Å². The van der Waals surface area contributed by atoms with Gasteiger partial charge in [0.1, 0.15) is 5.25 Å². The number of primary sulfonamides is 1. The molecule has 0 radical (unpaired) electrons. The lowest BCUT2D eigenvalue weighted by atomic mass is 10.1. The lowest BCUT2D eigenvalue weighted by Crippen LogP contribution is -2.31. The minimum atomic E-state index is -3.68. The maximum absolute atomic E-state index is 11.7. The third-order valence-electron chi connectivity index (χ3n) is 3.19. The molecular weight excluding hydrogens is 268 g/mol. The summed E-state index contributed by atoms with van der Waals surface area (Å²) in [5.41, 5.74) is 1.61. The molecule has 0 spiro atoms. The van der Waals surface area contributed by atoms with Crippen LogP contribution in [-0.2, 0) is 28.0 Å². The van der Waals surface area contributed by atoms with E-state index in [4.69, 9.17) is 10.2 Å². The fourth-order valence-electron chi connectivity index (χ4n) is 2.16. The van der Waals surface area contributed by atoms with Crippen LogP contribution in [0.4, 0.5) is 0 Å². The van der Waals surface area contributed by atoms with Crippen molar-refractivity contribution in [2.24, 2.45) is 5.14 Å². The van der Waals surface area contributed by atoms with Crippen LogP contribution in [0.25, 0.3) is 0 Å². The van der Waals surface area contributed by atoms with E-state index in [-0.39, 0.29) is 25.5 Å². The minimum absolute atomic E-state index is 0.0570. The number of likely N-dealkylation sites (tertiary alicyclic amines) is 1. The van der Waals surface area contributed by atoms with Gasteiger partial charge in [-0.15, -0.1) is 0 Å². The zero-order valence-corrected chi connectivity index (χ0v) is 11.1. The first-order chi connectivity index (χ1) is 8.90. The van der Waals surface area contributed by atoms with Gasteiger partial charge in [-0.2, -0.15) is 0 Å². The van der Waals surface area contributed by atoms with E-state index in [0.717, 1.165) is 11.1 Å². The monoisotopic (exact) mass is 284 g/mol. The Bertz CT molecular complexity index is 585. The van der Waals surface area contributed by atoms with Crippen molar-refractivity contribution in [2.45, 2.75) is 24.8 Å². The maximum atomic E-state index is 11.7. The topological polar surface area (TPSA) is 101 Å². The molecule has 1 atom stereocenters. The fraction of sp³-hybridized carbons (Fsp3) is 0.417. The molecule has 0 aliphatic carbocycles. The van der Waals surface area contributed by atoms with Gasteiger partial charge in [0.15, 0.2) is 0 Å². The van der Waals surface area contributed by atoms with E-state index in [1.807, 2.05) is 6.07 Å². The van der Waals surface area contributed by atoms with E-state index in [0.29, 0.717) is 6.54 Å². The summed E-state index contributed by atoms with van der Waals surface area (Å²) in [4.78, 5) is 13.2. The summed E-state index contributed by atoms with van der Waals surface area (Å²) in [6.45, 7) is 0.390. The van der Waals surface area contributed by atoms with Crippen molar-refractivity contribution in [3.8, 4) is 0 Å². The van der Waals surface area contributed by atoms with Gasteiger partial charge in [0.05, 0.1) is 6.61 Å². The molecular formula is C12H16N2O4S. The van der Waals surface area contributed by atoms with Gasteiger partial charge in [-0.3, -0.25) is 4.79 Å². The molecule has 1 amide bonds. The van der Waals surface area contributed by atoms with Crippen LogP contribution in [0.2, 0.25) is 0 Å². The van der Waals surface area contributed by atoms with E-state index < -0.39 is 15.3 Å². The number of carbonyl (C=O) groups is 1. The Morgan fingerprint density at radius 2 is 2.05 bits per heavy atom. The smallest absolute Gasteiger partial charge is 0.224 e. The van der Waals surface area contributed by atoms with E-state index in [1.165, 1.54) is 4.90 Å². The number of sulfonamides is 1. The molecule has 19 heavy (non-hydrogen) atoms. The van der Waals surface area contributed by atoms with E-state index in [2.05, 4.69) is 0 Å². The van der Waals surface area contributed by atoms with Gasteiger partial charge in [-0.05, 0) is 11.1 Å². The highest BCUT2D eigenvalue weighted by Gasteiger charge is 2.36. The van der Waals surface area contributed by atoms with Crippen molar-refractivity contribution in [1.82, 2.24) is 4.90 Å². The number of hydrogen-bond donors (Lipinski definition) is 2. The van der Waals surface area contributed by atoms with Crippen LogP contribution in [0, 0.1) is 0 Å². The van der Waals surface area contributed by atoms with Crippen LogP contribution >= 0.6 is 0 Å². The molecule has 7 heteroatoms. The van der Waals surface area contributed by atoms with Crippen molar-refractivity contribution < 1.29 is 18.3 Å². The van der Waals surface area contributed by atoms with Crippen LogP contribution in [0.5, 0.6) is 0 Å². The van der Waals surface area contributed by atoms with E-state index in [9.17, 15) is 13.2 Å². The molecule has 1 fully saturated rings. The van der Waals surface area contributed by atoms with Crippen molar-refractivity contribution in [2.75, 3.05) is 6.54 Å². The summed E-state index contributed by atoms with van der Waals surface area (Å²) in [6.07, 6.45) is -0.0570. The number of aliphatic hydroxyl groups excluding tert-OH is 1. The van der Waals surface area contributed by atoms with Crippen molar-refractivity contribution in [3.05, 3.63) is 35.4 Å². The molecule has 0 bridgehead atoms. The Labute approximate surface area is 111 Å². The zero-order chi connectivity index (χ0) is 14.0. The second-order valence-electron chi connectivity index (χ2n) is 4.67. The van der Waals surface area contributed by atoms with Gasteiger partial charge >= 0.3 is 0 Å². The molecule has 1 aliphatic rings. The number of amides is 1. The van der Waals surface area contributed by atoms with Crippen LogP contribution < -0.4 is 5.14 Å². The Balaban J connectivity index is 2.09. The molecule has 1 saturated heterocycles. The fourth-order valence-corrected chi connectivity index (χ4v) is 2.92. The Kier molecular flexibility index (Phi) is 3.88. The summed E-state index contributed by atoms with van der Waals surface area (Å²) in [5, 5.41) is 13.3. The lowest BCUT2D eigenvalue weighted by Gasteiger charge is -2.16. The van der Waals surface area contributed by atoms with Crippen LogP contribution in [0.1, 0.15) is 17.5 Å². The van der Waals surface area contributed by atoms with Gasteiger partial charge < -0.3 is 10.0 Å². The molecule has 1 heterocycles. The highest BCUT2D eigenvalue weighted by Crippen LogP contribution is 2.19. The first-order valence-corrected chi connectivity index (χ1v) is 7.49. The van der Waals surface area contributed by atoms with Crippen LogP contribution in [0.15, 0.2) is 24.3 Å². The molecule has 0 saturated carbocycles. The highest BCUT2D eigenvalue weighted by atomic mass is 32.2. The first-order valence-electron chi connectivity index (χ1n) is 5.88. The van der Waals surface area contributed by atoms with E-state index >= 15 is 0 Å². The highest BCUT2D eigenvalue weighted by molar-refractivity contribution is 7.89. The maximum Gasteiger partial charge on any atom is 0.224 e. The molecule has 1 unspecified atom stereocenters. The quantitative estimate of drug-likeness (QED) is 0.783. The number of aliphatic hydroxyl groups is 1. The first kappa shape index (κ1) is 14.0. The zero-order valence-electron chi connectivity index (χ0n) is 10.3. The second kappa shape index (κ2) is 5.28. The van der Waals surface area contributed by atoms with Crippen LogP contribution in [0.3, 0.4) is 0 Å². The van der Waals surface area contributed by atoms with Gasteiger partial charge in [0.25, 0.3) is 0 Å². The number of carbonyl (C=O) groups excluding carboxylic acids is 1. The van der Waals surface area contributed by atoms with Gasteiger partial charge in [0, 0.05) is 19.5 Å². The standard InChI is InChI=1S/C12H16N2O4S/c13-19(17,18)11-5-12(16)14(7-11)6-9-2-1-3-10(4-9)8-15/h1-4,11,15H,5-8H2,(H2,13,17,18). The predicted molar refractivity (Wildman–Crippen MR) is 69.3 cm³/mol. The minimum Gasteiger partial charge on any atom is -0.392 e. The molecule has 1 aromatic rings. The molecule has 1 aliphatic heterocycles. The van der Waals surface area contributed by atoms with Crippen molar-refractivity contribution in [3.63, 3.8) is 0 Å². The number of nitrogens with zero attached hydrogens (tertiary/aromatic N) is 1. The SMILES string of the molecule is NS(=O)(=O)C1CC(=O)N(Cc2cccc(CO)c2)C1. The van der Waals surface area contributed by atoms with Gasteiger partial charge in [-0.1, -0.05) is 24.3 Å². The third-order valence-corrected chi connectivity index (χ3v) is 4.44. The Morgan fingerprint density at radius 3 is 2.63 bits per heavy atom. The Morgan fingerprint density at radius 1 is 1.37 bits per heavy atom. The molecule has 2 rings (SSSR count). The number of nitrogens with two attached hydrogens (primary N) is 1. The van der Waals surface area contributed by atoms with Crippen molar-refractivity contribution >= 4 is 15.9 Å². The summed E-state index contributed by atoms with van der Waals surface area (Å²) in [5.74, 6) is -0.214. The third kappa shape index (κ3) is 3.31. The van der Waals surface area contributed by atoms with E-state index in [1.54, 1.807) is 18.2 Å². The molecule has 3 N–H and O–H groups in total. The molecule has 0 aromatic heterocycles. The molecule has 6 nitrogen and oxygen atoms in total. The number of hydrogen-bond acceptors (Lipinski definition) is 4. The Hall–Kier alpha value is -1.44. The normalized spacial score (nSPS) is 20.0. The average molecular weight is 284 g/mol. The van der Waals surface area contributed by atoms with Crippen molar-refractivity contribution in [1.29, 1.82) is 0 Å². The van der Waals surface area contributed by atoms with Gasteiger partial charge in [-0.25, -0.2) is 13.6 Å². The second-order valence-corrected chi connectivity index (χ2v) is 6.51. The lowest BCUT2D eigenvalue weighted by molar-refractivity contribution is -0.128. The summed E-state index contributed by atoms with van der Waals surface area (Å²) in [7, 11) is -3.68. The molecule has 104 valence electrons. The summed E-state index contributed by atoms with van der Waals surface area (Å²) in [6, 6.07) is 7.19. The number of benzene rings is 1. The summed E-state index contributed by atoms with van der Waals surface area (Å²) < 4.78 is 22.5. The largest absolute Gasteiger partial charge is 0.392 e.